The Hall–Kier alpha value is -3.47. The van der Waals surface area contributed by atoms with Gasteiger partial charge in [-0.25, -0.2) is 0 Å². The first-order valence-electron chi connectivity index (χ1n) is 8.98. The van der Waals surface area contributed by atoms with Crippen LogP contribution in [0.5, 0.6) is 11.5 Å². The van der Waals surface area contributed by atoms with Crippen LogP contribution < -0.4 is 14.8 Å². The van der Waals surface area contributed by atoms with Crippen molar-refractivity contribution in [2.24, 2.45) is 0 Å². The number of rotatable bonds is 4. The monoisotopic (exact) mass is 375 g/mol. The van der Waals surface area contributed by atoms with Crippen molar-refractivity contribution in [2.75, 3.05) is 19.5 Å². The van der Waals surface area contributed by atoms with Crippen LogP contribution >= 0.6 is 0 Å². The summed E-state index contributed by atoms with van der Waals surface area (Å²) in [4.78, 5) is 13.0. The molecule has 0 aliphatic carbocycles. The van der Waals surface area contributed by atoms with Crippen LogP contribution in [0.3, 0.4) is 0 Å². The molecular weight excluding hydrogens is 354 g/mol. The van der Waals surface area contributed by atoms with E-state index < -0.39 is 0 Å². The number of anilines is 1. The Morgan fingerprint density at radius 2 is 1.64 bits per heavy atom. The lowest BCUT2D eigenvalue weighted by Gasteiger charge is -2.13. The molecule has 0 unspecified atom stereocenters. The fourth-order valence-corrected chi connectivity index (χ4v) is 3.46. The standard InChI is InChI=1S/C23H21NO4/c1-13-11-19(26-3)20(27-4)12-18(13)24-23(25)21-14(2)16-10-9-15-7-5-6-8-17(15)22(16)28-21/h5-12H,1-4H3,(H,24,25). The van der Waals surface area contributed by atoms with Crippen LogP contribution in [-0.2, 0) is 0 Å². The third-order valence-electron chi connectivity index (χ3n) is 5.01. The van der Waals surface area contributed by atoms with Gasteiger partial charge in [0.25, 0.3) is 5.91 Å². The van der Waals surface area contributed by atoms with E-state index in [1.807, 2.05) is 56.3 Å². The van der Waals surface area contributed by atoms with E-state index in [1.165, 1.54) is 0 Å². The minimum Gasteiger partial charge on any atom is -0.493 e. The molecule has 1 heterocycles. The van der Waals surface area contributed by atoms with Gasteiger partial charge in [-0.3, -0.25) is 4.79 Å². The zero-order valence-corrected chi connectivity index (χ0v) is 16.3. The van der Waals surface area contributed by atoms with Crippen LogP contribution in [0.25, 0.3) is 21.7 Å². The van der Waals surface area contributed by atoms with Crippen molar-refractivity contribution < 1.29 is 18.7 Å². The maximum atomic E-state index is 13.0. The van der Waals surface area contributed by atoms with Gasteiger partial charge in [-0.1, -0.05) is 36.4 Å². The van der Waals surface area contributed by atoms with Crippen LogP contribution in [0.15, 0.2) is 52.9 Å². The van der Waals surface area contributed by atoms with Crippen molar-refractivity contribution in [2.45, 2.75) is 13.8 Å². The van der Waals surface area contributed by atoms with Gasteiger partial charge in [-0.05, 0) is 30.9 Å². The Morgan fingerprint density at radius 1 is 0.929 bits per heavy atom. The molecule has 5 nitrogen and oxygen atoms in total. The summed E-state index contributed by atoms with van der Waals surface area (Å²) in [7, 11) is 3.14. The fourth-order valence-electron chi connectivity index (χ4n) is 3.46. The molecule has 5 heteroatoms. The van der Waals surface area contributed by atoms with Gasteiger partial charge in [-0.2, -0.15) is 0 Å². The average molecular weight is 375 g/mol. The number of carbonyl (C=O) groups excluding carboxylic acids is 1. The lowest BCUT2D eigenvalue weighted by Crippen LogP contribution is -2.13. The highest BCUT2D eigenvalue weighted by atomic mass is 16.5. The van der Waals surface area contributed by atoms with Crippen LogP contribution in [-0.4, -0.2) is 20.1 Å². The number of furan rings is 1. The van der Waals surface area contributed by atoms with Crippen molar-refractivity contribution in [3.8, 4) is 11.5 Å². The Balaban J connectivity index is 1.76. The number of hydrogen-bond acceptors (Lipinski definition) is 4. The second-order valence-corrected chi connectivity index (χ2v) is 6.70. The van der Waals surface area contributed by atoms with Gasteiger partial charge >= 0.3 is 0 Å². The summed E-state index contributed by atoms with van der Waals surface area (Å²) < 4.78 is 16.7. The van der Waals surface area contributed by atoms with E-state index in [-0.39, 0.29) is 5.91 Å². The predicted molar refractivity (Wildman–Crippen MR) is 111 cm³/mol. The van der Waals surface area contributed by atoms with Crippen LogP contribution in [0.4, 0.5) is 5.69 Å². The van der Waals surface area contributed by atoms with Crippen molar-refractivity contribution >= 4 is 33.3 Å². The molecule has 0 atom stereocenters. The van der Waals surface area contributed by atoms with Gasteiger partial charge < -0.3 is 19.2 Å². The summed E-state index contributed by atoms with van der Waals surface area (Å²) in [5, 5.41) is 5.94. The zero-order chi connectivity index (χ0) is 19.8. The maximum Gasteiger partial charge on any atom is 0.291 e. The van der Waals surface area contributed by atoms with Crippen LogP contribution in [0.1, 0.15) is 21.7 Å². The first-order valence-corrected chi connectivity index (χ1v) is 8.98. The number of amides is 1. The van der Waals surface area contributed by atoms with Gasteiger partial charge in [0.05, 0.1) is 14.2 Å². The van der Waals surface area contributed by atoms with E-state index in [0.29, 0.717) is 22.9 Å². The minimum atomic E-state index is -0.298. The summed E-state index contributed by atoms with van der Waals surface area (Å²) >= 11 is 0. The molecule has 0 radical (unpaired) electrons. The molecule has 0 aliphatic rings. The van der Waals surface area contributed by atoms with Gasteiger partial charge in [0.15, 0.2) is 17.3 Å². The molecule has 0 saturated heterocycles. The normalized spacial score (nSPS) is 11.0. The number of fused-ring (bicyclic) bond motifs is 3. The lowest BCUT2D eigenvalue weighted by atomic mass is 10.1. The number of carbonyl (C=O) groups is 1. The van der Waals surface area contributed by atoms with E-state index in [4.69, 9.17) is 13.9 Å². The van der Waals surface area contributed by atoms with Crippen LogP contribution in [0, 0.1) is 13.8 Å². The molecule has 1 N–H and O–H groups in total. The highest BCUT2D eigenvalue weighted by molar-refractivity contribution is 6.11. The molecule has 1 aromatic heterocycles. The van der Waals surface area contributed by atoms with E-state index in [1.54, 1.807) is 20.3 Å². The van der Waals surface area contributed by atoms with Gasteiger partial charge in [-0.15, -0.1) is 0 Å². The maximum absolute atomic E-state index is 13.0. The topological polar surface area (TPSA) is 60.7 Å². The summed E-state index contributed by atoms with van der Waals surface area (Å²) in [6.45, 7) is 3.80. The molecule has 0 aliphatic heterocycles. The molecule has 1 amide bonds. The van der Waals surface area contributed by atoms with Crippen molar-refractivity contribution in [3.63, 3.8) is 0 Å². The van der Waals surface area contributed by atoms with Crippen LogP contribution in [0.2, 0.25) is 0 Å². The molecule has 3 aromatic carbocycles. The first kappa shape index (κ1) is 17.9. The number of hydrogen-bond donors (Lipinski definition) is 1. The number of methoxy groups -OCH3 is 2. The summed E-state index contributed by atoms with van der Waals surface area (Å²) in [6, 6.07) is 15.6. The number of benzene rings is 3. The Morgan fingerprint density at radius 3 is 2.39 bits per heavy atom. The first-order chi connectivity index (χ1) is 13.5. The number of ether oxygens (including phenoxy) is 2. The zero-order valence-electron chi connectivity index (χ0n) is 16.3. The highest BCUT2D eigenvalue weighted by Crippen LogP contribution is 2.35. The third kappa shape index (κ3) is 2.85. The molecule has 4 rings (SSSR count). The molecule has 0 saturated carbocycles. The predicted octanol–water partition coefficient (Wildman–Crippen LogP) is 5.47. The molecular formula is C23H21NO4. The largest absolute Gasteiger partial charge is 0.493 e. The van der Waals surface area contributed by atoms with Crippen molar-refractivity contribution in [1.82, 2.24) is 0 Å². The average Bonchev–Trinajstić information content (AvgIpc) is 3.06. The highest BCUT2D eigenvalue weighted by Gasteiger charge is 2.20. The van der Waals surface area contributed by atoms with Gasteiger partial charge in [0.2, 0.25) is 0 Å². The van der Waals surface area contributed by atoms with Gasteiger partial charge in [0, 0.05) is 28.1 Å². The summed E-state index contributed by atoms with van der Waals surface area (Å²) in [5.74, 6) is 1.17. The third-order valence-corrected chi connectivity index (χ3v) is 5.01. The summed E-state index contributed by atoms with van der Waals surface area (Å²) in [5.41, 5.74) is 3.05. The SMILES string of the molecule is COc1cc(C)c(NC(=O)c2oc3c(ccc4ccccc43)c2C)cc1OC. The molecule has 0 fully saturated rings. The number of aryl methyl sites for hydroxylation is 2. The van der Waals surface area contributed by atoms with Crippen molar-refractivity contribution in [1.29, 1.82) is 0 Å². The van der Waals surface area contributed by atoms with E-state index in [9.17, 15) is 4.79 Å². The van der Waals surface area contributed by atoms with E-state index in [0.717, 1.165) is 32.9 Å². The second kappa shape index (κ2) is 6.93. The smallest absolute Gasteiger partial charge is 0.291 e. The summed E-state index contributed by atoms with van der Waals surface area (Å²) in [6.07, 6.45) is 0. The van der Waals surface area contributed by atoms with E-state index in [2.05, 4.69) is 5.32 Å². The fraction of sp³-hybridized carbons (Fsp3) is 0.174. The van der Waals surface area contributed by atoms with Crippen molar-refractivity contribution in [3.05, 3.63) is 65.4 Å². The molecule has 28 heavy (non-hydrogen) atoms. The lowest BCUT2D eigenvalue weighted by molar-refractivity contribution is 0.0998. The van der Waals surface area contributed by atoms with Gasteiger partial charge in [0.1, 0.15) is 5.58 Å². The Bertz CT molecular complexity index is 1210. The number of nitrogens with one attached hydrogen (secondary N) is 1. The molecule has 142 valence electrons. The van der Waals surface area contributed by atoms with E-state index >= 15 is 0 Å². The quantitative estimate of drug-likeness (QED) is 0.514. The molecule has 4 aromatic rings. The Labute approximate surface area is 162 Å². The molecule has 0 spiro atoms. The Kier molecular flexibility index (Phi) is 4.43. The molecule has 0 bridgehead atoms. The second-order valence-electron chi connectivity index (χ2n) is 6.70. The minimum absolute atomic E-state index is 0.298.